The van der Waals surface area contributed by atoms with E-state index in [1.54, 1.807) is 0 Å². The van der Waals surface area contributed by atoms with Gasteiger partial charge in [0.2, 0.25) is 0 Å². The van der Waals surface area contributed by atoms with Gasteiger partial charge >= 0.3 is 5.95 Å². The minimum Gasteiger partial charge on any atom is -0.390 e. The number of rotatable bonds is 23. The van der Waals surface area contributed by atoms with Gasteiger partial charge in [0.1, 0.15) is 12.4 Å². The molecule has 27 heteroatoms. The molecule has 0 aliphatic carbocycles. The molecular formula is C18H30B20N4O3. The van der Waals surface area contributed by atoms with Crippen LogP contribution in [0.5, 0.6) is 0 Å². The predicted octanol–water partition coefficient (Wildman–Crippen LogP) is -4.21. The maximum Gasteiger partial charge on any atom is 0.434 e. The zero-order valence-corrected chi connectivity index (χ0v) is 26.5. The average Bonchev–Trinajstić information content (AvgIpc) is 3.84. The van der Waals surface area contributed by atoms with Crippen molar-refractivity contribution in [1.82, 2.24) is 14.5 Å². The third-order valence-corrected chi connectivity index (χ3v) is 9.94. The van der Waals surface area contributed by atoms with Gasteiger partial charge in [0.15, 0.2) is 0 Å². The summed E-state index contributed by atoms with van der Waals surface area (Å²) >= 11 is 0. The van der Waals surface area contributed by atoms with Crippen LogP contribution >= 0.6 is 0 Å². The second-order valence-electron chi connectivity index (χ2n) is 13.5. The van der Waals surface area contributed by atoms with E-state index >= 15 is 0 Å². The molecule has 3 atom stereocenters. The molecule has 3 unspecified atom stereocenters. The lowest BCUT2D eigenvalue weighted by Gasteiger charge is -2.26. The Morgan fingerprint density at radius 1 is 0.867 bits per heavy atom. The lowest BCUT2D eigenvalue weighted by atomic mass is 8.57. The van der Waals surface area contributed by atoms with E-state index in [1.165, 1.54) is 17.0 Å². The zero-order chi connectivity index (χ0) is 33.4. The van der Waals surface area contributed by atoms with Crippen molar-refractivity contribution in [3.8, 4) is 0 Å². The summed E-state index contributed by atoms with van der Waals surface area (Å²) in [6.07, 6.45) is 6.51. The molecule has 0 amide bonds. The van der Waals surface area contributed by atoms with Crippen molar-refractivity contribution in [2.45, 2.75) is 75.4 Å². The summed E-state index contributed by atoms with van der Waals surface area (Å²) < 4.78 is 1.37. The summed E-state index contributed by atoms with van der Waals surface area (Å²) in [5.41, 5.74) is 0. The molecule has 3 heterocycles. The molecule has 20 radical (unpaired) electrons. The van der Waals surface area contributed by atoms with Crippen molar-refractivity contribution < 1.29 is 10.0 Å². The number of aromatic nitrogens is 2. The highest BCUT2D eigenvalue weighted by atomic mass is 16.6. The van der Waals surface area contributed by atoms with E-state index < -0.39 is 49.3 Å². The SMILES string of the molecule is [B]B([B])B([B])B(B([B])[B])B1CC1CCCCN(CCCCC1CB1B(B([B])[B])B([B])B([B])[B])CC(O)Cn1ccnc1[N+](=O)[O-]. The minimum atomic E-state index is -0.791. The fraction of sp³-hybridized carbons (Fsp3) is 0.833. The van der Waals surface area contributed by atoms with Crippen LogP contribution in [0.4, 0.5) is 5.95 Å². The van der Waals surface area contributed by atoms with Crippen LogP contribution in [-0.2, 0) is 6.54 Å². The molecule has 2 fully saturated rings. The van der Waals surface area contributed by atoms with Crippen molar-refractivity contribution in [2.24, 2.45) is 0 Å². The molecule has 2 aliphatic heterocycles. The quantitative estimate of drug-likeness (QED) is 0.0629. The Hall–Kier alpha value is -0.171. The van der Waals surface area contributed by atoms with Gasteiger partial charge < -0.3 is 20.1 Å². The maximum atomic E-state index is 11.3. The van der Waals surface area contributed by atoms with Gasteiger partial charge in [-0.15, -0.1) is 0 Å². The molecule has 0 saturated carbocycles. The Labute approximate surface area is 288 Å². The molecule has 1 aromatic heterocycles. The summed E-state index contributed by atoms with van der Waals surface area (Å²) in [6.45, 7) is 2.74. The Balaban J connectivity index is 1.48. The molecule has 0 bridgehead atoms. The summed E-state index contributed by atoms with van der Waals surface area (Å²) in [7, 11) is 59.8. The average molecular weight is 567 g/mol. The molecule has 45 heavy (non-hydrogen) atoms. The van der Waals surface area contributed by atoms with Gasteiger partial charge in [-0.2, -0.15) is 0 Å². The van der Waals surface area contributed by atoms with E-state index in [-0.39, 0.29) is 25.3 Å². The first-order valence-electron chi connectivity index (χ1n) is 16.3. The first-order chi connectivity index (χ1) is 21.2. The lowest BCUT2D eigenvalue weighted by Crippen LogP contribution is -2.63. The third kappa shape index (κ3) is 12.0. The first kappa shape index (κ1) is 39.3. The zero-order valence-electron chi connectivity index (χ0n) is 26.5. The molecule has 2 aliphatic rings. The van der Waals surface area contributed by atoms with Crippen molar-refractivity contribution in [3.05, 3.63) is 22.5 Å². The van der Waals surface area contributed by atoms with Crippen LogP contribution in [0, 0.1) is 10.1 Å². The summed E-state index contributed by atoms with van der Waals surface area (Å²) in [5.74, 6) is 0.707. The Morgan fingerprint density at radius 2 is 1.33 bits per heavy atom. The van der Waals surface area contributed by atoms with Crippen molar-refractivity contribution >= 4 is 148 Å². The lowest BCUT2D eigenvalue weighted by molar-refractivity contribution is -0.397. The molecule has 2 saturated heterocycles. The summed E-state index contributed by atoms with van der Waals surface area (Å²) in [5, 5.41) is 22.1. The second kappa shape index (κ2) is 18.6. The van der Waals surface area contributed by atoms with Gasteiger partial charge in [-0.05, 0) is 30.9 Å². The van der Waals surface area contributed by atoms with Gasteiger partial charge in [-0.1, -0.05) is 54.9 Å². The van der Waals surface area contributed by atoms with Crippen LogP contribution in [0.2, 0.25) is 24.3 Å². The molecule has 7 nitrogen and oxygen atoms in total. The maximum absolute atomic E-state index is 11.3. The van der Waals surface area contributed by atoms with Crippen LogP contribution in [0.25, 0.3) is 0 Å². The largest absolute Gasteiger partial charge is 0.434 e. The van der Waals surface area contributed by atoms with E-state index in [1.807, 2.05) is 0 Å². The van der Waals surface area contributed by atoms with Crippen molar-refractivity contribution in [3.63, 3.8) is 0 Å². The highest BCUT2D eigenvalue weighted by molar-refractivity contribution is 8.01. The highest BCUT2D eigenvalue weighted by Crippen LogP contribution is 2.44. The normalized spacial score (nSPS) is 17.5. The Morgan fingerprint density at radius 3 is 1.73 bits per heavy atom. The molecule has 3 rings (SSSR count). The van der Waals surface area contributed by atoms with E-state index in [4.69, 9.17) is 77.4 Å². The number of hydrogen-bond acceptors (Lipinski definition) is 5. The predicted molar refractivity (Wildman–Crippen MR) is 211 cm³/mol. The van der Waals surface area contributed by atoms with Crippen LogP contribution < -0.4 is 0 Å². The van der Waals surface area contributed by atoms with E-state index in [0.717, 1.165) is 64.3 Å². The highest BCUT2D eigenvalue weighted by Gasteiger charge is 2.50. The van der Waals surface area contributed by atoms with E-state index in [2.05, 4.69) is 9.88 Å². The van der Waals surface area contributed by atoms with Crippen molar-refractivity contribution in [1.29, 1.82) is 0 Å². The number of hydrogen-bond donors (Lipinski definition) is 1. The number of unbranched alkanes of at least 4 members (excludes halogenated alkanes) is 2. The number of aliphatic hydroxyl groups is 1. The van der Waals surface area contributed by atoms with Crippen LogP contribution in [0.1, 0.15) is 38.5 Å². The van der Waals surface area contributed by atoms with Gasteiger partial charge in [0.25, 0.3) is 0 Å². The summed E-state index contributed by atoms with van der Waals surface area (Å²) in [6, 6.07) is 0. The number of aliphatic hydroxyl groups excluding tert-OH is 1. The van der Waals surface area contributed by atoms with Crippen LogP contribution in [-0.4, -0.2) is 192 Å². The van der Waals surface area contributed by atoms with Gasteiger partial charge in [-0.3, -0.25) is 0 Å². The Bertz CT molecular complexity index is 997. The van der Waals surface area contributed by atoms with Gasteiger partial charge in [0, 0.05) is 135 Å². The van der Waals surface area contributed by atoms with E-state index in [9.17, 15) is 15.2 Å². The topological polar surface area (TPSA) is 84.4 Å². The van der Waals surface area contributed by atoms with Crippen LogP contribution in [0.3, 0.4) is 0 Å². The smallest absolute Gasteiger partial charge is 0.390 e. The first-order valence-corrected chi connectivity index (χ1v) is 16.3. The second-order valence-corrected chi connectivity index (χ2v) is 13.5. The van der Waals surface area contributed by atoms with Gasteiger partial charge in [-0.25, -0.2) is 4.57 Å². The Kier molecular flexibility index (Phi) is 16.2. The minimum absolute atomic E-state index is 0.0921. The van der Waals surface area contributed by atoms with Crippen molar-refractivity contribution in [2.75, 3.05) is 19.6 Å². The molecule has 0 spiro atoms. The molecule has 200 valence electrons. The monoisotopic (exact) mass is 570 g/mol. The number of nitrogens with zero attached hydrogens (tertiary/aromatic N) is 4. The molecule has 1 aromatic rings. The van der Waals surface area contributed by atoms with E-state index in [0.29, 0.717) is 31.4 Å². The van der Waals surface area contributed by atoms with Gasteiger partial charge in [0.05, 0.1) is 25.9 Å². The number of nitro groups is 1. The standard InChI is InChI=1S/C18H30B20N4O3/c19-31(20)35(27)37(33(23)24)29-11-15(29)5-1-3-8-40(13-17(43)14-41-10-7-39-18(41)42(44)45)9-4-2-6-16-12-30(16)38(34(25)26)36(28)32(21)22/h7,10,15-17,43H,1-6,8-9,11-14H2. The fourth-order valence-corrected chi connectivity index (χ4v) is 7.29. The molecule has 1 N–H and O–H groups in total. The third-order valence-electron chi connectivity index (χ3n) is 9.94. The molecular weight excluding hydrogens is 536 g/mol. The van der Waals surface area contributed by atoms with Crippen LogP contribution in [0.15, 0.2) is 12.4 Å². The number of imidazole rings is 1. The molecule has 0 aromatic carbocycles. The fourth-order valence-electron chi connectivity index (χ4n) is 7.29. The summed E-state index contributed by atoms with van der Waals surface area (Å²) in [4.78, 5) is 16.7.